The summed E-state index contributed by atoms with van der Waals surface area (Å²) in [4.78, 5) is 0. The Bertz CT molecular complexity index is 480. The first-order chi connectivity index (χ1) is 8.27. The fourth-order valence-electron chi connectivity index (χ4n) is 1.94. The summed E-state index contributed by atoms with van der Waals surface area (Å²) >= 11 is 0. The molecule has 17 heavy (non-hydrogen) atoms. The second-order valence-corrected chi connectivity index (χ2v) is 4.43. The van der Waals surface area contributed by atoms with Crippen molar-refractivity contribution < 1.29 is 0 Å². The van der Waals surface area contributed by atoms with E-state index in [0.717, 1.165) is 0 Å². The molecular weight excluding hydrogens is 204 g/mol. The second-order valence-electron chi connectivity index (χ2n) is 4.43. The van der Waals surface area contributed by atoms with Gasteiger partial charge in [0.15, 0.2) is 0 Å². The summed E-state index contributed by atoms with van der Waals surface area (Å²) in [6.07, 6.45) is 2.26. The second kappa shape index (κ2) is 5.49. The predicted octanol–water partition coefficient (Wildman–Crippen LogP) is 4.89. The van der Waals surface area contributed by atoms with Gasteiger partial charge < -0.3 is 0 Å². The van der Waals surface area contributed by atoms with Crippen LogP contribution in [0.4, 0.5) is 0 Å². The van der Waals surface area contributed by atoms with Crippen molar-refractivity contribution in [2.45, 2.75) is 19.8 Å². The first-order valence-electron chi connectivity index (χ1n) is 6.05. The van der Waals surface area contributed by atoms with E-state index < -0.39 is 0 Å². The van der Waals surface area contributed by atoms with E-state index in [1.165, 1.54) is 16.7 Å². The maximum absolute atomic E-state index is 2.26. The Morgan fingerprint density at radius 1 is 0.882 bits per heavy atom. The highest BCUT2D eigenvalue weighted by Gasteiger charge is 2.06. The molecule has 0 nitrogen and oxygen atoms in total. The summed E-state index contributed by atoms with van der Waals surface area (Å²) in [7, 11) is 0. The first-order valence-corrected chi connectivity index (χ1v) is 6.05. The van der Waals surface area contributed by atoms with Crippen LogP contribution in [0.15, 0.2) is 66.2 Å². The zero-order chi connectivity index (χ0) is 12.1. The molecule has 86 valence electrons. The average Bonchev–Trinajstić information content (AvgIpc) is 2.40. The molecule has 0 saturated heterocycles. The Balaban J connectivity index is 2.21. The number of benzene rings is 2. The third-order valence-corrected chi connectivity index (χ3v) is 3.18. The molecule has 2 aromatic carbocycles. The summed E-state index contributed by atoms with van der Waals surface area (Å²) < 4.78 is 0. The van der Waals surface area contributed by atoms with Crippen LogP contribution in [-0.2, 0) is 0 Å². The molecule has 0 N–H and O–H groups in total. The molecule has 0 heterocycles. The van der Waals surface area contributed by atoms with E-state index in [0.29, 0.717) is 5.92 Å². The van der Waals surface area contributed by atoms with E-state index in [2.05, 4.69) is 74.5 Å². The summed E-state index contributed by atoms with van der Waals surface area (Å²) in [5, 5.41) is 0. The largest absolute Gasteiger partial charge is 0.0655 e. The minimum atomic E-state index is 0.469. The van der Waals surface area contributed by atoms with Crippen molar-refractivity contribution in [3.05, 3.63) is 77.4 Å². The standard InChI is InChI=1S/C17H18/c1-14(13-16-9-5-3-6-10-16)15(2)17-11-7-4-8-12-17/h3-13,15H,1-2H3. The molecule has 0 spiro atoms. The highest BCUT2D eigenvalue weighted by atomic mass is 14.1. The van der Waals surface area contributed by atoms with Crippen molar-refractivity contribution in [3.8, 4) is 0 Å². The van der Waals surface area contributed by atoms with Crippen LogP contribution in [0.5, 0.6) is 0 Å². The van der Waals surface area contributed by atoms with Gasteiger partial charge in [0.2, 0.25) is 0 Å². The topological polar surface area (TPSA) is 0 Å². The molecule has 0 fully saturated rings. The van der Waals surface area contributed by atoms with Gasteiger partial charge in [-0.05, 0) is 18.1 Å². The van der Waals surface area contributed by atoms with Crippen LogP contribution in [0.2, 0.25) is 0 Å². The average molecular weight is 222 g/mol. The molecule has 1 unspecified atom stereocenters. The molecule has 2 rings (SSSR count). The van der Waals surface area contributed by atoms with Crippen molar-refractivity contribution in [2.24, 2.45) is 0 Å². The zero-order valence-corrected chi connectivity index (χ0v) is 10.4. The van der Waals surface area contributed by atoms with Crippen molar-refractivity contribution >= 4 is 6.08 Å². The SMILES string of the molecule is CC(=Cc1ccccc1)C(C)c1ccccc1. The quantitative estimate of drug-likeness (QED) is 0.693. The highest BCUT2D eigenvalue weighted by molar-refractivity contribution is 5.54. The number of hydrogen-bond donors (Lipinski definition) is 0. The summed E-state index contributed by atoms with van der Waals surface area (Å²) in [5.74, 6) is 0.469. The Morgan fingerprint density at radius 2 is 1.41 bits per heavy atom. The molecule has 0 aliphatic heterocycles. The molecule has 0 aliphatic rings. The van der Waals surface area contributed by atoms with E-state index in [-0.39, 0.29) is 0 Å². The summed E-state index contributed by atoms with van der Waals surface area (Å²) in [6, 6.07) is 21.1. The Morgan fingerprint density at radius 3 is 2.00 bits per heavy atom. The first kappa shape index (κ1) is 11.7. The van der Waals surface area contributed by atoms with Crippen molar-refractivity contribution in [3.63, 3.8) is 0 Å². The fourth-order valence-corrected chi connectivity index (χ4v) is 1.94. The summed E-state index contributed by atoms with van der Waals surface area (Å²) in [6.45, 7) is 4.45. The van der Waals surface area contributed by atoms with Gasteiger partial charge in [0, 0.05) is 5.92 Å². The van der Waals surface area contributed by atoms with E-state index in [9.17, 15) is 0 Å². The number of hydrogen-bond acceptors (Lipinski definition) is 0. The molecule has 0 amide bonds. The van der Waals surface area contributed by atoms with Crippen LogP contribution in [0.1, 0.15) is 30.9 Å². The number of allylic oxidation sites excluding steroid dienone is 1. The molecule has 1 atom stereocenters. The van der Waals surface area contributed by atoms with E-state index >= 15 is 0 Å². The minimum Gasteiger partial charge on any atom is -0.0655 e. The predicted molar refractivity (Wildman–Crippen MR) is 75.0 cm³/mol. The molecule has 0 bridgehead atoms. The van der Waals surface area contributed by atoms with Gasteiger partial charge in [-0.15, -0.1) is 0 Å². The van der Waals surface area contributed by atoms with Crippen LogP contribution in [0.3, 0.4) is 0 Å². The van der Waals surface area contributed by atoms with Gasteiger partial charge in [-0.3, -0.25) is 0 Å². The molecule has 0 aromatic heterocycles. The Labute approximate surface area is 104 Å². The van der Waals surface area contributed by atoms with Crippen molar-refractivity contribution in [2.75, 3.05) is 0 Å². The smallest absolute Gasteiger partial charge is 0.00203 e. The molecule has 2 aromatic rings. The van der Waals surface area contributed by atoms with Crippen LogP contribution in [0, 0.1) is 0 Å². The normalized spacial score (nSPS) is 13.4. The Hall–Kier alpha value is -1.82. The molecule has 0 aliphatic carbocycles. The van der Waals surface area contributed by atoms with Gasteiger partial charge in [0.25, 0.3) is 0 Å². The maximum atomic E-state index is 2.26. The van der Waals surface area contributed by atoms with Gasteiger partial charge in [-0.2, -0.15) is 0 Å². The highest BCUT2D eigenvalue weighted by Crippen LogP contribution is 2.24. The van der Waals surface area contributed by atoms with E-state index in [1.54, 1.807) is 0 Å². The lowest BCUT2D eigenvalue weighted by molar-refractivity contribution is 0.902. The van der Waals surface area contributed by atoms with Crippen molar-refractivity contribution in [1.82, 2.24) is 0 Å². The minimum absolute atomic E-state index is 0.469. The third-order valence-electron chi connectivity index (χ3n) is 3.18. The van der Waals surface area contributed by atoms with Crippen LogP contribution < -0.4 is 0 Å². The molecule has 0 saturated carbocycles. The third kappa shape index (κ3) is 3.07. The lowest BCUT2D eigenvalue weighted by Crippen LogP contribution is -1.94. The molecular formula is C17H18. The van der Waals surface area contributed by atoms with E-state index in [1.807, 2.05) is 6.07 Å². The zero-order valence-electron chi connectivity index (χ0n) is 10.4. The van der Waals surface area contributed by atoms with Gasteiger partial charge in [0.1, 0.15) is 0 Å². The molecule has 0 radical (unpaired) electrons. The van der Waals surface area contributed by atoms with Gasteiger partial charge in [0.05, 0.1) is 0 Å². The van der Waals surface area contributed by atoms with E-state index in [4.69, 9.17) is 0 Å². The number of rotatable bonds is 3. The lowest BCUT2D eigenvalue weighted by atomic mass is 9.93. The monoisotopic (exact) mass is 222 g/mol. The van der Waals surface area contributed by atoms with Crippen molar-refractivity contribution in [1.29, 1.82) is 0 Å². The fraction of sp³-hybridized carbons (Fsp3) is 0.176. The van der Waals surface area contributed by atoms with Gasteiger partial charge >= 0.3 is 0 Å². The van der Waals surface area contributed by atoms with Crippen LogP contribution >= 0.6 is 0 Å². The lowest BCUT2D eigenvalue weighted by Gasteiger charge is -2.12. The van der Waals surface area contributed by atoms with Gasteiger partial charge in [-0.1, -0.05) is 79.2 Å². The summed E-state index contributed by atoms with van der Waals surface area (Å²) in [5.41, 5.74) is 4.03. The van der Waals surface area contributed by atoms with Gasteiger partial charge in [-0.25, -0.2) is 0 Å². The maximum Gasteiger partial charge on any atom is 0.00203 e. The molecule has 0 heteroatoms. The van der Waals surface area contributed by atoms with Crippen LogP contribution in [-0.4, -0.2) is 0 Å². The Kier molecular flexibility index (Phi) is 3.77. The van der Waals surface area contributed by atoms with Crippen LogP contribution in [0.25, 0.3) is 6.08 Å².